The minimum atomic E-state index is -3.71. The van der Waals surface area contributed by atoms with Crippen LogP contribution in [0.4, 0.5) is 0 Å². The Morgan fingerprint density at radius 3 is 2.65 bits per heavy atom. The van der Waals surface area contributed by atoms with E-state index >= 15 is 0 Å². The number of ether oxygens (including phenoxy) is 1. The van der Waals surface area contributed by atoms with Crippen molar-refractivity contribution in [1.29, 1.82) is 0 Å². The van der Waals surface area contributed by atoms with Gasteiger partial charge in [0.15, 0.2) is 5.03 Å². The van der Waals surface area contributed by atoms with Gasteiger partial charge in [-0.15, -0.1) is 0 Å². The predicted molar refractivity (Wildman–Crippen MR) is 59.7 cm³/mol. The lowest BCUT2D eigenvalue weighted by atomic mass is 10.6. The highest BCUT2D eigenvalue weighted by Gasteiger charge is 2.27. The standard InChI is InChI=1S/C9H15N3O4S/c1-4-12(7-9(13)16-3)17(14,15)8-5-6-10-11(8)2/h5-6H,4,7H2,1-3H3. The number of aromatic nitrogens is 2. The Labute approximate surface area is 100 Å². The fraction of sp³-hybridized carbons (Fsp3) is 0.556. The molecular weight excluding hydrogens is 246 g/mol. The number of likely N-dealkylation sites (N-methyl/N-ethyl adjacent to an activating group) is 1. The van der Waals surface area contributed by atoms with Crippen molar-refractivity contribution in [3.8, 4) is 0 Å². The second-order valence-electron chi connectivity index (χ2n) is 3.30. The third-order valence-corrected chi connectivity index (χ3v) is 4.26. The van der Waals surface area contributed by atoms with Crippen molar-refractivity contribution in [2.75, 3.05) is 20.2 Å². The van der Waals surface area contributed by atoms with Gasteiger partial charge < -0.3 is 4.74 Å². The maximum absolute atomic E-state index is 12.2. The summed E-state index contributed by atoms with van der Waals surface area (Å²) in [6.45, 7) is 1.53. The number of hydrogen-bond acceptors (Lipinski definition) is 5. The van der Waals surface area contributed by atoms with Crippen LogP contribution in [0.1, 0.15) is 6.92 Å². The number of methoxy groups -OCH3 is 1. The average molecular weight is 261 g/mol. The molecule has 0 radical (unpaired) electrons. The van der Waals surface area contributed by atoms with Gasteiger partial charge in [-0.25, -0.2) is 8.42 Å². The number of carbonyl (C=O) groups is 1. The molecule has 0 saturated carbocycles. The van der Waals surface area contributed by atoms with Gasteiger partial charge in [0.25, 0.3) is 10.0 Å². The molecule has 96 valence electrons. The van der Waals surface area contributed by atoms with Gasteiger partial charge in [0.1, 0.15) is 6.54 Å². The molecule has 0 aliphatic rings. The van der Waals surface area contributed by atoms with E-state index in [1.807, 2.05) is 0 Å². The molecule has 0 bridgehead atoms. The first-order valence-corrected chi connectivity index (χ1v) is 6.42. The normalized spacial score (nSPS) is 11.8. The van der Waals surface area contributed by atoms with Gasteiger partial charge in [0.05, 0.1) is 13.3 Å². The van der Waals surface area contributed by atoms with Crippen LogP contribution in [0.2, 0.25) is 0 Å². The highest BCUT2D eigenvalue weighted by Crippen LogP contribution is 2.13. The van der Waals surface area contributed by atoms with Gasteiger partial charge in [0.2, 0.25) is 0 Å². The first-order valence-electron chi connectivity index (χ1n) is 4.98. The monoisotopic (exact) mass is 261 g/mol. The van der Waals surface area contributed by atoms with E-state index in [4.69, 9.17) is 0 Å². The van der Waals surface area contributed by atoms with Crippen LogP contribution in [0.15, 0.2) is 17.3 Å². The number of rotatable bonds is 5. The number of aryl methyl sites for hydroxylation is 1. The lowest BCUT2D eigenvalue weighted by molar-refractivity contribution is -0.140. The topological polar surface area (TPSA) is 81.5 Å². The molecule has 0 aliphatic carbocycles. The Hall–Kier alpha value is -1.41. The summed E-state index contributed by atoms with van der Waals surface area (Å²) in [5.41, 5.74) is 0. The number of sulfonamides is 1. The Morgan fingerprint density at radius 2 is 2.24 bits per heavy atom. The summed E-state index contributed by atoms with van der Waals surface area (Å²) in [7, 11) is -0.969. The predicted octanol–water partition coefficient (Wildman–Crippen LogP) is -0.396. The van der Waals surface area contributed by atoms with E-state index in [2.05, 4.69) is 9.84 Å². The Bertz CT molecular complexity index is 494. The number of esters is 1. The average Bonchev–Trinajstić information content (AvgIpc) is 2.72. The SMILES string of the molecule is CCN(CC(=O)OC)S(=O)(=O)c1ccnn1C. The molecule has 0 aromatic carbocycles. The summed E-state index contributed by atoms with van der Waals surface area (Å²) in [5, 5.41) is 3.84. The molecule has 0 N–H and O–H groups in total. The molecule has 1 aromatic heterocycles. The summed E-state index contributed by atoms with van der Waals surface area (Å²) < 4.78 is 31.0. The molecule has 7 nitrogen and oxygen atoms in total. The van der Waals surface area contributed by atoms with E-state index in [-0.39, 0.29) is 18.1 Å². The van der Waals surface area contributed by atoms with Crippen LogP contribution >= 0.6 is 0 Å². The molecule has 0 amide bonds. The van der Waals surface area contributed by atoms with E-state index in [1.54, 1.807) is 6.92 Å². The largest absolute Gasteiger partial charge is 0.468 e. The second kappa shape index (κ2) is 5.28. The molecule has 0 spiro atoms. The zero-order chi connectivity index (χ0) is 13.1. The molecule has 0 aliphatic heterocycles. The lowest BCUT2D eigenvalue weighted by Gasteiger charge is -2.18. The van der Waals surface area contributed by atoms with Crippen molar-refractivity contribution in [3.05, 3.63) is 12.3 Å². The summed E-state index contributed by atoms with van der Waals surface area (Å²) in [6, 6.07) is 1.38. The van der Waals surface area contributed by atoms with Gasteiger partial charge in [0, 0.05) is 13.6 Å². The zero-order valence-corrected chi connectivity index (χ0v) is 10.8. The van der Waals surface area contributed by atoms with Crippen LogP contribution in [0.5, 0.6) is 0 Å². The molecule has 1 aromatic rings. The van der Waals surface area contributed by atoms with Gasteiger partial charge in [-0.2, -0.15) is 9.40 Å². The first-order chi connectivity index (χ1) is 7.93. The summed E-state index contributed by atoms with van der Waals surface area (Å²) in [5.74, 6) is -0.599. The summed E-state index contributed by atoms with van der Waals surface area (Å²) >= 11 is 0. The van der Waals surface area contributed by atoms with Crippen LogP contribution in [0.3, 0.4) is 0 Å². The highest BCUT2D eigenvalue weighted by atomic mass is 32.2. The second-order valence-corrected chi connectivity index (χ2v) is 5.19. The Morgan fingerprint density at radius 1 is 1.59 bits per heavy atom. The minimum Gasteiger partial charge on any atom is -0.468 e. The van der Waals surface area contributed by atoms with Gasteiger partial charge in [-0.3, -0.25) is 9.48 Å². The van der Waals surface area contributed by atoms with Crippen molar-refractivity contribution in [2.45, 2.75) is 11.9 Å². The zero-order valence-electron chi connectivity index (χ0n) is 9.95. The molecule has 0 atom stereocenters. The van der Waals surface area contributed by atoms with Crippen molar-refractivity contribution in [1.82, 2.24) is 14.1 Å². The fourth-order valence-corrected chi connectivity index (χ4v) is 2.82. The Balaban J connectivity index is 3.03. The van der Waals surface area contributed by atoms with E-state index < -0.39 is 16.0 Å². The molecule has 1 rings (SSSR count). The van der Waals surface area contributed by atoms with Gasteiger partial charge >= 0.3 is 5.97 Å². The van der Waals surface area contributed by atoms with E-state index in [9.17, 15) is 13.2 Å². The van der Waals surface area contributed by atoms with Crippen LogP contribution in [-0.2, 0) is 26.6 Å². The molecule has 0 unspecified atom stereocenters. The van der Waals surface area contributed by atoms with E-state index in [0.29, 0.717) is 0 Å². The first kappa shape index (κ1) is 13.7. The van der Waals surface area contributed by atoms with Gasteiger partial charge in [-0.05, 0) is 6.07 Å². The van der Waals surface area contributed by atoms with Crippen molar-refractivity contribution < 1.29 is 17.9 Å². The quantitative estimate of drug-likeness (QED) is 0.674. The maximum Gasteiger partial charge on any atom is 0.321 e. The maximum atomic E-state index is 12.2. The fourth-order valence-electron chi connectivity index (χ4n) is 1.32. The van der Waals surface area contributed by atoms with E-state index in [1.165, 1.54) is 31.1 Å². The third kappa shape index (κ3) is 2.83. The molecule has 17 heavy (non-hydrogen) atoms. The third-order valence-electron chi connectivity index (χ3n) is 2.27. The number of nitrogens with zero attached hydrogens (tertiary/aromatic N) is 3. The van der Waals surface area contributed by atoms with Crippen molar-refractivity contribution in [2.24, 2.45) is 7.05 Å². The number of hydrogen-bond donors (Lipinski definition) is 0. The molecular formula is C9H15N3O4S. The highest BCUT2D eigenvalue weighted by molar-refractivity contribution is 7.89. The molecule has 1 heterocycles. The van der Waals surface area contributed by atoms with Crippen LogP contribution in [-0.4, -0.2) is 48.7 Å². The smallest absolute Gasteiger partial charge is 0.321 e. The number of carbonyl (C=O) groups excluding carboxylic acids is 1. The van der Waals surface area contributed by atoms with Crippen LogP contribution in [0.25, 0.3) is 0 Å². The molecule has 8 heteroatoms. The van der Waals surface area contributed by atoms with Crippen LogP contribution in [0, 0.1) is 0 Å². The lowest BCUT2D eigenvalue weighted by Crippen LogP contribution is -2.36. The Kier molecular flexibility index (Phi) is 4.24. The summed E-state index contributed by atoms with van der Waals surface area (Å²) in [6.07, 6.45) is 1.39. The van der Waals surface area contributed by atoms with Crippen molar-refractivity contribution >= 4 is 16.0 Å². The summed E-state index contributed by atoms with van der Waals surface area (Å²) in [4.78, 5) is 11.1. The van der Waals surface area contributed by atoms with E-state index in [0.717, 1.165) is 4.31 Å². The molecule has 0 fully saturated rings. The minimum absolute atomic E-state index is 0.0447. The van der Waals surface area contributed by atoms with Crippen LogP contribution < -0.4 is 0 Å². The van der Waals surface area contributed by atoms with Crippen molar-refractivity contribution in [3.63, 3.8) is 0 Å². The molecule has 0 saturated heterocycles. The van der Waals surface area contributed by atoms with Gasteiger partial charge in [-0.1, -0.05) is 6.92 Å².